The van der Waals surface area contributed by atoms with Crippen LogP contribution in [0.1, 0.15) is 51.5 Å². The third-order valence-electron chi connectivity index (χ3n) is 3.87. The Morgan fingerprint density at radius 2 is 2.05 bits per heavy atom. The van der Waals surface area contributed by atoms with Crippen molar-refractivity contribution in [3.8, 4) is 0 Å². The molecule has 0 saturated carbocycles. The second-order valence-electron chi connectivity index (χ2n) is 5.68. The Bertz CT molecular complexity index is 568. The molecular formula is C18H26N2O. The minimum Gasteiger partial charge on any atom is -0.398 e. The number of nitrogen functional groups attached to an aromatic ring is 1. The average Bonchev–Trinajstić information content (AvgIpc) is 2.51. The quantitative estimate of drug-likeness (QED) is 0.565. The molecule has 1 heterocycles. The van der Waals surface area contributed by atoms with Gasteiger partial charge in [-0.2, -0.15) is 0 Å². The van der Waals surface area contributed by atoms with Gasteiger partial charge in [-0.05, 0) is 31.5 Å². The molecule has 3 nitrogen and oxygen atoms in total. The van der Waals surface area contributed by atoms with Crippen LogP contribution in [-0.2, 0) is 11.3 Å². The largest absolute Gasteiger partial charge is 0.398 e. The molecule has 21 heavy (non-hydrogen) atoms. The summed E-state index contributed by atoms with van der Waals surface area (Å²) in [5.74, 6) is 0. The Balaban J connectivity index is 1.93. The molecule has 0 aliphatic heterocycles. The number of nitrogens with zero attached hydrogens (tertiary/aromatic N) is 1. The molecular weight excluding hydrogens is 260 g/mol. The summed E-state index contributed by atoms with van der Waals surface area (Å²) in [5, 5.41) is 1.01. The fourth-order valence-corrected chi connectivity index (χ4v) is 2.54. The smallest absolute Gasteiger partial charge is 0.0777 e. The normalized spacial score (nSPS) is 12.7. The molecule has 0 aliphatic carbocycles. The lowest BCUT2D eigenvalue weighted by Gasteiger charge is -2.14. The van der Waals surface area contributed by atoms with E-state index in [1.54, 1.807) is 6.20 Å². The van der Waals surface area contributed by atoms with E-state index < -0.39 is 0 Å². The average molecular weight is 286 g/mol. The van der Waals surface area contributed by atoms with Gasteiger partial charge in [-0.3, -0.25) is 4.98 Å². The van der Waals surface area contributed by atoms with E-state index in [2.05, 4.69) is 18.8 Å². The Morgan fingerprint density at radius 3 is 2.86 bits per heavy atom. The number of benzene rings is 1. The number of pyridine rings is 1. The number of hydrogen-bond acceptors (Lipinski definition) is 3. The molecule has 0 saturated heterocycles. The van der Waals surface area contributed by atoms with Gasteiger partial charge in [0.1, 0.15) is 0 Å². The summed E-state index contributed by atoms with van der Waals surface area (Å²) < 4.78 is 5.98. The van der Waals surface area contributed by atoms with E-state index >= 15 is 0 Å². The predicted molar refractivity (Wildman–Crippen MR) is 89.2 cm³/mol. The molecule has 0 fully saturated rings. The second-order valence-corrected chi connectivity index (χ2v) is 5.68. The minimum absolute atomic E-state index is 0.290. The molecule has 2 N–H and O–H groups in total. The van der Waals surface area contributed by atoms with Gasteiger partial charge in [0.25, 0.3) is 0 Å². The molecule has 1 unspecified atom stereocenters. The maximum absolute atomic E-state index is 5.99. The molecule has 0 aliphatic rings. The molecule has 3 heteroatoms. The lowest BCUT2D eigenvalue weighted by atomic mass is 10.1. The maximum Gasteiger partial charge on any atom is 0.0777 e. The Labute approximate surface area is 127 Å². The van der Waals surface area contributed by atoms with Crippen LogP contribution in [0.4, 0.5) is 5.69 Å². The number of hydrogen-bond donors (Lipinski definition) is 1. The molecule has 2 rings (SSSR count). The number of ether oxygens (including phenoxy) is 1. The van der Waals surface area contributed by atoms with Crippen molar-refractivity contribution >= 4 is 16.6 Å². The van der Waals surface area contributed by atoms with E-state index in [0.717, 1.165) is 28.6 Å². The zero-order valence-electron chi connectivity index (χ0n) is 13.1. The molecule has 1 aromatic heterocycles. The zero-order chi connectivity index (χ0) is 15.1. The van der Waals surface area contributed by atoms with Gasteiger partial charge in [-0.1, -0.05) is 38.7 Å². The molecule has 0 spiro atoms. The standard InChI is InChI=1S/C18H26N2O/c1-3-4-5-6-8-14(2)21-13-15-10-11-17(19)16-9-7-12-20-18(15)16/h7,9-12,14H,3-6,8,13,19H2,1-2H3. The van der Waals surface area contributed by atoms with E-state index in [1.807, 2.05) is 24.3 Å². The third-order valence-corrected chi connectivity index (χ3v) is 3.87. The van der Waals surface area contributed by atoms with Crippen molar-refractivity contribution in [1.29, 1.82) is 0 Å². The van der Waals surface area contributed by atoms with Crippen LogP contribution >= 0.6 is 0 Å². The van der Waals surface area contributed by atoms with Gasteiger partial charge in [0.05, 0.1) is 18.2 Å². The summed E-state index contributed by atoms with van der Waals surface area (Å²) >= 11 is 0. The fraction of sp³-hybridized carbons (Fsp3) is 0.500. The highest BCUT2D eigenvalue weighted by molar-refractivity contribution is 5.92. The zero-order valence-corrected chi connectivity index (χ0v) is 13.1. The number of fused-ring (bicyclic) bond motifs is 1. The molecule has 1 aromatic carbocycles. The van der Waals surface area contributed by atoms with Gasteiger partial charge in [0.15, 0.2) is 0 Å². The van der Waals surface area contributed by atoms with E-state index in [4.69, 9.17) is 10.5 Å². The first-order valence-corrected chi connectivity index (χ1v) is 7.96. The molecule has 114 valence electrons. The lowest BCUT2D eigenvalue weighted by Crippen LogP contribution is -2.08. The molecule has 0 bridgehead atoms. The monoisotopic (exact) mass is 286 g/mol. The van der Waals surface area contributed by atoms with E-state index in [0.29, 0.717) is 6.61 Å². The SMILES string of the molecule is CCCCCCC(C)OCc1ccc(N)c2cccnc12. The highest BCUT2D eigenvalue weighted by Gasteiger charge is 2.07. The minimum atomic E-state index is 0.290. The number of nitrogens with two attached hydrogens (primary N) is 1. The summed E-state index contributed by atoms with van der Waals surface area (Å²) in [6, 6.07) is 7.89. The summed E-state index contributed by atoms with van der Waals surface area (Å²) in [6.07, 6.45) is 8.36. The van der Waals surface area contributed by atoms with Crippen LogP contribution in [0.3, 0.4) is 0 Å². The van der Waals surface area contributed by atoms with Gasteiger partial charge in [0, 0.05) is 22.8 Å². The highest BCUT2D eigenvalue weighted by Crippen LogP contribution is 2.23. The molecule has 0 radical (unpaired) electrons. The van der Waals surface area contributed by atoms with Crippen molar-refractivity contribution in [3.05, 3.63) is 36.0 Å². The summed E-state index contributed by atoms with van der Waals surface area (Å²) in [6.45, 7) is 4.99. The van der Waals surface area contributed by atoms with Crippen molar-refractivity contribution < 1.29 is 4.74 Å². The van der Waals surface area contributed by atoms with Crippen molar-refractivity contribution in [2.24, 2.45) is 0 Å². The van der Waals surface area contributed by atoms with Crippen molar-refractivity contribution in [3.63, 3.8) is 0 Å². The second kappa shape index (κ2) is 7.99. The van der Waals surface area contributed by atoms with Crippen molar-refractivity contribution in [2.75, 3.05) is 5.73 Å². The van der Waals surface area contributed by atoms with Gasteiger partial charge >= 0.3 is 0 Å². The summed E-state index contributed by atoms with van der Waals surface area (Å²) in [7, 11) is 0. The summed E-state index contributed by atoms with van der Waals surface area (Å²) in [4.78, 5) is 4.45. The van der Waals surface area contributed by atoms with Crippen LogP contribution in [0.5, 0.6) is 0 Å². The van der Waals surface area contributed by atoms with E-state index in [-0.39, 0.29) is 6.10 Å². The molecule has 0 amide bonds. The molecule has 1 atom stereocenters. The number of aromatic nitrogens is 1. The van der Waals surface area contributed by atoms with Crippen LogP contribution < -0.4 is 5.73 Å². The van der Waals surface area contributed by atoms with Gasteiger partial charge in [-0.15, -0.1) is 0 Å². The molecule has 2 aromatic rings. The van der Waals surface area contributed by atoms with Crippen molar-refractivity contribution in [1.82, 2.24) is 4.98 Å². The van der Waals surface area contributed by atoms with Gasteiger partial charge in [-0.25, -0.2) is 0 Å². The van der Waals surface area contributed by atoms with E-state index in [9.17, 15) is 0 Å². The Morgan fingerprint density at radius 1 is 1.19 bits per heavy atom. The first kappa shape index (κ1) is 15.8. The Hall–Kier alpha value is -1.61. The number of anilines is 1. The van der Waals surface area contributed by atoms with Gasteiger partial charge < -0.3 is 10.5 Å². The summed E-state index contributed by atoms with van der Waals surface area (Å²) in [5.41, 5.74) is 8.83. The third kappa shape index (κ3) is 4.43. The van der Waals surface area contributed by atoms with Crippen LogP contribution in [0.15, 0.2) is 30.5 Å². The lowest BCUT2D eigenvalue weighted by molar-refractivity contribution is 0.0464. The van der Waals surface area contributed by atoms with Crippen LogP contribution in [-0.4, -0.2) is 11.1 Å². The number of unbranched alkanes of at least 4 members (excludes halogenated alkanes) is 3. The first-order chi connectivity index (χ1) is 10.2. The van der Waals surface area contributed by atoms with E-state index in [1.165, 1.54) is 25.7 Å². The van der Waals surface area contributed by atoms with Gasteiger partial charge in [0.2, 0.25) is 0 Å². The first-order valence-electron chi connectivity index (χ1n) is 7.96. The number of rotatable bonds is 8. The van der Waals surface area contributed by atoms with Crippen LogP contribution in [0.2, 0.25) is 0 Å². The topological polar surface area (TPSA) is 48.1 Å². The Kier molecular flexibility index (Phi) is 6.00. The van der Waals surface area contributed by atoms with Crippen LogP contribution in [0, 0.1) is 0 Å². The highest BCUT2D eigenvalue weighted by atomic mass is 16.5. The fourth-order valence-electron chi connectivity index (χ4n) is 2.54. The maximum atomic E-state index is 5.99. The predicted octanol–water partition coefficient (Wildman–Crippen LogP) is 4.69. The van der Waals surface area contributed by atoms with Crippen LogP contribution in [0.25, 0.3) is 10.9 Å². The van der Waals surface area contributed by atoms with Crippen molar-refractivity contribution in [2.45, 2.75) is 58.7 Å².